The van der Waals surface area contributed by atoms with E-state index in [1.54, 1.807) is 4.90 Å². The largest absolute Gasteiger partial charge is 0.378 e. The maximum absolute atomic E-state index is 6.09. The van der Waals surface area contributed by atoms with Crippen molar-refractivity contribution in [3.63, 3.8) is 0 Å². The molecule has 2 aliphatic heterocycles. The van der Waals surface area contributed by atoms with E-state index in [2.05, 4.69) is 46.5 Å². The van der Waals surface area contributed by atoms with Gasteiger partial charge in [0.25, 0.3) is 0 Å². The number of hydrogen-bond acceptors (Lipinski definition) is 4. The number of nitrogens with zero attached hydrogens (tertiary/aromatic N) is 3. The summed E-state index contributed by atoms with van der Waals surface area (Å²) in [5, 5.41) is 8.73. The second kappa shape index (κ2) is 11.6. The molecule has 0 amide bonds. The molecule has 7 heteroatoms. The van der Waals surface area contributed by atoms with Crippen LogP contribution >= 0.6 is 23.2 Å². The first kappa shape index (κ1) is 24.4. The quantitative estimate of drug-likeness (QED) is 0.591. The molecule has 2 aromatic carbocycles. The van der Waals surface area contributed by atoms with Gasteiger partial charge in [-0.1, -0.05) is 47.5 Å². The van der Waals surface area contributed by atoms with Gasteiger partial charge < -0.3 is 14.5 Å². The van der Waals surface area contributed by atoms with Crippen molar-refractivity contribution in [2.75, 3.05) is 52.5 Å². The molecular formula is C28H33Cl2N4O+. The van der Waals surface area contributed by atoms with Crippen molar-refractivity contribution in [3.8, 4) is 0 Å². The summed E-state index contributed by atoms with van der Waals surface area (Å²) in [4.78, 5) is 4.08. The molecule has 0 unspecified atom stereocenters. The first-order valence-electron chi connectivity index (χ1n) is 12.5. The van der Waals surface area contributed by atoms with Crippen molar-refractivity contribution in [1.82, 2.24) is 9.91 Å². The summed E-state index contributed by atoms with van der Waals surface area (Å²) in [5.41, 5.74) is 6.59. The van der Waals surface area contributed by atoms with Gasteiger partial charge in [-0.05, 0) is 59.9 Å². The molecule has 0 spiro atoms. The fraction of sp³-hybridized carbons (Fsp3) is 0.393. The van der Waals surface area contributed by atoms with Gasteiger partial charge in [0.1, 0.15) is 6.54 Å². The van der Waals surface area contributed by atoms with Crippen LogP contribution in [0.4, 0.5) is 0 Å². The summed E-state index contributed by atoms with van der Waals surface area (Å²) in [6.45, 7) is 8.60. The maximum atomic E-state index is 6.09. The van der Waals surface area contributed by atoms with Crippen molar-refractivity contribution in [2.45, 2.75) is 19.4 Å². The summed E-state index contributed by atoms with van der Waals surface area (Å²) >= 11 is 12.1. The van der Waals surface area contributed by atoms with Gasteiger partial charge in [-0.2, -0.15) is 5.10 Å². The topological polar surface area (TPSA) is 32.5 Å². The number of morpholine rings is 1. The fourth-order valence-corrected chi connectivity index (χ4v) is 5.33. The predicted octanol–water partition coefficient (Wildman–Crippen LogP) is 4.14. The van der Waals surface area contributed by atoms with Crippen LogP contribution in [-0.2, 0) is 11.3 Å². The Bertz CT molecular complexity index is 1080. The number of benzene rings is 2. The van der Waals surface area contributed by atoms with Crippen molar-refractivity contribution < 1.29 is 9.64 Å². The number of hydrazone groups is 1. The molecule has 0 radical (unpaired) electrons. The van der Waals surface area contributed by atoms with Crippen LogP contribution < -0.4 is 4.90 Å². The minimum atomic E-state index is 0.769. The number of rotatable bonds is 6. The average molecular weight is 513 g/mol. The molecule has 5 nitrogen and oxygen atoms in total. The Morgan fingerprint density at radius 2 is 1.51 bits per heavy atom. The highest BCUT2D eigenvalue weighted by Gasteiger charge is 2.26. The number of ether oxygens (including phenoxy) is 1. The molecule has 0 aromatic heterocycles. The molecule has 2 saturated heterocycles. The van der Waals surface area contributed by atoms with Gasteiger partial charge in [0.05, 0.1) is 45.6 Å². The zero-order valence-corrected chi connectivity index (χ0v) is 21.6. The van der Waals surface area contributed by atoms with Gasteiger partial charge in [-0.15, -0.1) is 0 Å². The number of nitrogens with one attached hydrogen (secondary N) is 1. The van der Waals surface area contributed by atoms with Gasteiger partial charge in [0.15, 0.2) is 0 Å². The highest BCUT2D eigenvalue weighted by molar-refractivity contribution is 6.30. The molecule has 1 N–H and O–H groups in total. The van der Waals surface area contributed by atoms with E-state index < -0.39 is 0 Å². The Morgan fingerprint density at radius 3 is 2.20 bits per heavy atom. The summed E-state index contributed by atoms with van der Waals surface area (Å²) < 4.78 is 5.63. The molecule has 2 heterocycles. The van der Waals surface area contributed by atoms with Crippen LogP contribution in [0.2, 0.25) is 10.0 Å². The minimum Gasteiger partial charge on any atom is -0.378 e. The number of allylic oxidation sites excluding steroid dienone is 2. The first-order chi connectivity index (χ1) is 17.1. The zero-order valence-electron chi connectivity index (χ0n) is 20.1. The summed E-state index contributed by atoms with van der Waals surface area (Å²) in [6.07, 6.45) is 6.49. The predicted molar refractivity (Wildman–Crippen MR) is 144 cm³/mol. The van der Waals surface area contributed by atoms with Crippen LogP contribution in [0, 0.1) is 0 Å². The normalized spacial score (nSPS) is 21.0. The van der Waals surface area contributed by atoms with Crippen LogP contribution in [0.15, 0.2) is 70.5 Å². The van der Waals surface area contributed by atoms with E-state index in [-0.39, 0.29) is 0 Å². The lowest BCUT2D eigenvalue weighted by atomic mass is 10.1. The molecule has 0 saturated carbocycles. The minimum absolute atomic E-state index is 0.769. The van der Waals surface area contributed by atoms with Gasteiger partial charge in [-0.3, -0.25) is 5.01 Å². The van der Waals surface area contributed by atoms with E-state index in [0.29, 0.717) is 0 Å². The zero-order chi connectivity index (χ0) is 24.0. The van der Waals surface area contributed by atoms with Gasteiger partial charge >= 0.3 is 0 Å². The van der Waals surface area contributed by atoms with Crippen LogP contribution in [0.3, 0.4) is 0 Å². The molecule has 184 valence electrons. The molecular weight excluding hydrogens is 479 g/mol. The lowest BCUT2D eigenvalue weighted by Gasteiger charge is -2.32. The van der Waals surface area contributed by atoms with Gasteiger partial charge in [-0.25, -0.2) is 0 Å². The van der Waals surface area contributed by atoms with E-state index in [1.165, 1.54) is 28.0 Å². The summed E-state index contributed by atoms with van der Waals surface area (Å²) in [5.74, 6) is 0. The highest BCUT2D eigenvalue weighted by Crippen LogP contribution is 2.35. The molecule has 0 bridgehead atoms. The number of hydrogen-bond donors (Lipinski definition) is 1. The first-order valence-corrected chi connectivity index (χ1v) is 13.3. The molecule has 2 aromatic rings. The Morgan fingerprint density at radius 1 is 0.857 bits per heavy atom. The molecule has 3 aliphatic rings. The third-order valence-corrected chi connectivity index (χ3v) is 7.51. The smallest absolute Gasteiger partial charge is 0.103 e. The maximum Gasteiger partial charge on any atom is 0.103 e. The second-order valence-corrected chi connectivity index (χ2v) is 10.3. The van der Waals surface area contributed by atoms with E-state index in [1.807, 2.05) is 24.3 Å². The second-order valence-electron chi connectivity index (χ2n) is 9.45. The van der Waals surface area contributed by atoms with Gasteiger partial charge in [0.2, 0.25) is 0 Å². The molecule has 1 aliphatic carbocycles. The third kappa shape index (κ3) is 6.47. The Hall–Kier alpha value is -2.31. The van der Waals surface area contributed by atoms with Crippen molar-refractivity contribution in [1.29, 1.82) is 0 Å². The van der Waals surface area contributed by atoms with Crippen LogP contribution in [0.25, 0.3) is 6.08 Å². The van der Waals surface area contributed by atoms with Crippen LogP contribution in [0.5, 0.6) is 0 Å². The average Bonchev–Trinajstić information content (AvgIpc) is 3.29. The van der Waals surface area contributed by atoms with E-state index in [0.717, 1.165) is 81.9 Å². The molecule has 2 fully saturated rings. The monoisotopic (exact) mass is 511 g/mol. The Labute approximate surface area is 218 Å². The van der Waals surface area contributed by atoms with E-state index in [4.69, 9.17) is 33.0 Å². The lowest BCUT2D eigenvalue weighted by molar-refractivity contribution is -0.918. The molecule has 5 rings (SSSR count). The molecule has 35 heavy (non-hydrogen) atoms. The van der Waals surface area contributed by atoms with Crippen molar-refractivity contribution in [3.05, 3.63) is 86.5 Å². The Kier molecular flexibility index (Phi) is 8.09. The van der Waals surface area contributed by atoms with Crippen molar-refractivity contribution in [2.24, 2.45) is 5.10 Å². The highest BCUT2D eigenvalue weighted by atomic mass is 35.5. The lowest BCUT2D eigenvalue weighted by Crippen LogP contribution is -3.13. The van der Waals surface area contributed by atoms with Crippen LogP contribution in [0.1, 0.15) is 24.0 Å². The summed E-state index contributed by atoms with van der Waals surface area (Å²) in [7, 11) is 0. The van der Waals surface area contributed by atoms with E-state index in [9.17, 15) is 0 Å². The number of quaternary nitrogens is 1. The standard InChI is InChI=1S/C28H32Cl2N4O/c29-26-7-1-22(2-8-26)19-24-5-6-25(28(24)33-15-17-35-18-16-33)20-31-34-13-11-32(12-14-34)21-23-3-9-27(30)10-4-23/h1-4,7-10,19-20H,5-6,11-18,21H2/p+1. The summed E-state index contributed by atoms with van der Waals surface area (Å²) in [6, 6.07) is 16.3. The third-order valence-electron chi connectivity index (χ3n) is 7.00. The Balaban J connectivity index is 1.26. The van der Waals surface area contributed by atoms with Gasteiger partial charge in [0, 0.05) is 34.4 Å². The fourth-order valence-electron chi connectivity index (χ4n) is 5.08. The number of piperazine rings is 1. The van der Waals surface area contributed by atoms with Crippen LogP contribution in [-0.4, -0.2) is 68.6 Å². The SMILES string of the molecule is Clc1ccc(C=C2CCC(C=NN3CC[NH+](Cc4ccc(Cl)cc4)CC3)=C2N2CCOCC2)cc1. The van der Waals surface area contributed by atoms with Crippen molar-refractivity contribution >= 4 is 35.5 Å². The van der Waals surface area contributed by atoms with E-state index >= 15 is 0 Å². The molecule has 0 atom stereocenters. The number of halogens is 2.